The molecule has 0 radical (unpaired) electrons. The Balaban J connectivity index is 4.24. The number of quaternary nitrogens is 1. The number of phosphoric ester groups is 1. The van der Waals surface area contributed by atoms with Gasteiger partial charge in [-0.2, -0.15) is 0 Å². The van der Waals surface area contributed by atoms with Crippen LogP contribution in [0.15, 0.2) is 12.2 Å². The fourth-order valence-corrected chi connectivity index (χ4v) is 6.68. The third-order valence-electron chi connectivity index (χ3n) is 9.32. The molecule has 1 unspecified atom stereocenters. The molecule has 0 amide bonds. The summed E-state index contributed by atoms with van der Waals surface area (Å²) < 4.78 is 34.5. The van der Waals surface area contributed by atoms with Crippen LogP contribution < -0.4 is 4.89 Å². The smallest absolute Gasteiger partial charge is 0.306 e. The monoisotopic (exact) mass is 746 g/mol. The first-order valence-electron chi connectivity index (χ1n) is 21.4. The second-order valence-electron chi connectivity index (χ2n) is 15.7. The summed E-state index contributed by atoms with van der Waals surface area (Å²) in [7, 11) is 1.36. The van der Waals surface area contributed by atoms with Gasteiger partial charge in [0.25, 0.3) is 7.82 Å². The van der Waals surface area contributed by atoms with E-state index < -0.39 is 13.9 Å². The van der Waals surface area contributed by atoms with Gasteiger partial charge in [0.1, 0.15) is 19.3 Å². The third kappa shape index (κ3) is 40.3. The Kier molecular flexibility index (Phi) is 35.7. The first-order chi connectivity index (χ1) is 24.6. The summed E-state index contributed by atoms with van der Waals surface area (Å²) in [4.78, 5) is 25.0. The highest BCUT2D eigenvalue weighted by atomic mass is 31.2. The van der Waals surface area contributed by atoms with Gasteiger partial charge in [-0.05, 0) is 38.5 Å². The molecule has 8 nitrogen and oxygen atoms in total. The van der Waals surface area contributed by atoms with Gasteiger partial charge in [0.05, 0.1) is 34.4 Å². The van der Waals surface area contributed by atoms with E-state index in [1.165, 1.54) is 128 Å². The molecule has 51 heavy (non-hydrogen) atoms. The van der Waals surface area contributed by atoms with Crippen molar-refractivity contribution in [1.29, 1.82) is 0 Å². The molecule has 0 aromatic heterocycles. The van der Waals surface area contributed by atoms with Gasteiger partial charge in [-0.15, -0.1) is 0 Å². The van der Waals surface area contributed by atoms with Gasteiger partial charge in [0, 0.05) is 13.0 Å². The minimum absolute atomic E-state index is 0.0276. The largest absolute Gasteiger partial charge is 0.756 e. The number of likely N-dealkylation sites (N-methyl/N-ethyl adjacent to an activating group) is 1. The number of allylic oxidation sites excluding steroid dienone is 2. The van der Waals surface area contributed by atoms with Gasteiger partial charge in [-0.1, -0.05) is 161 Å². The quantitative estimate of drug-likeness (QED) is 0.0203. The highest BCUT2D eigenvalue weighted by molar-refractivity contribution is 7.45. The second-order valence-corrected chi connectivity index (χ2v) is 17.1. The topological polar surface area (TPSA) is 94.1 Å². The van der Waals surface area contributed by atoms with Crippen molar-refractivity contribution >= 4 is 13.8 Å². The lowest BCUT2D eigenvalue weighted by Crippen LogP contribution is -2.37. The van der Waals surface area contributed by atoms with E-state index in [2.05, 4.69) is 26.0 Å². The first-order valence-corrected chi connectivity index (χ1v) is 22.9. The molecule has 0 aromatic carbocycles. The Morgan fingerprint density at radius 3 is 1.49 bits per heavy atom. The molecule has 0 fully saturated rings. The van der Waals surface area contributed by atoms with Crippen LogP contribution in [0.25, 0.3) is 0 Å². The summed E-state index contributed by atoms with van der Waals surface area (Å²) in [6, 6.07) is 0. The van der Waals surface area contributed by atoms with Crippen LogP contribution in [0.5, 0.6) is 0 Å². The molecule has 0 aliphatic rings. The summed E-state index contributed by atoms with van der Waals surface area (Å²) in [5, 5.41) is 0. The van der Waals surface area contributed by atoms with Crippen LogP contribution in [0.3, 0.4) is 0 Å². The maximum Gasteiger partial charge on any atom is 0.306 e. The van der Waals surface area contributed by atoms with Crippen molar-refractivity contribution in [2.45, 2.75) is 200 Å². The van der Waals surface area contributed by atoms with Crippen molar-refractivity contribution in [1.82, 2.24) is 0 Å². The zero-order valence-corrected chi connectivity index (χ0v) is 35.2. The number of carbonyl (C=O) groups excluding carboxylic acids is 1. The standard InChI is InChI=1S/C42H84NO7P/c1-6-8-10-12-14-16-18-20-22-23-25-27-29-31-33-35-42(44)50-41(40-49-51(45,46)48-38-36-43(3,4)5)39-47-37-34-32-30-28-26-24-21-19-17-15-13-11-9-7-2/h20,22,41H,6-19,21,23-40H2,1-5H3/b22-20-/t41-/m1/s1. The summed E-state index contributed by atoms with van der Waals surface area (Å²) in [6.45, 7) is 5.43. The van der Waals surface area contributed by atoms with Gasteiger partial charge >= 0.3 is 5.97 Å². The summed E-state index contributed by atoms with van der Waals surface area (Å²) in [6.07, 6.45) is 37.8. The van der Waals surface area contributed by atoms with Gasteiger partial charge in [0.15, 0.2) is 0 Å². The summed E-state index contributed by atoms with van der Waals surface area (Å²) in [5.74, 6) is -0.340. The number of ether oxygens (including phenoxy) is 2. The summed E-state index contributed by atoms with van der Waals surface area (Å²) in [5.41, 5.74) is 0. The Labute approximate surface area is 316 Å². The number of carbonyl (C=O) groups is 1. The van der Waals surface area contributed by atoms with Gasteiger partial charge < -0.3 is 27.9 Å². The SMILES string of the molecule is CCCCCCCC/C=C\CCCCCCCC(=O)O[C@H](COCCCCCCCCCCCCCCCC)COP(=O)([O-])OCC[N+](C)(C)C. The lowest BCUT2D eigenvalue weighted by molar-refractivity contribution is -0.870. The Morgan fingerprint density at radius 2 is 1.02 bits per heavy atom. The van der Waals surface area contributed by atoms with Crippen LogP contribution in [-0.4, -0.2) is 70.7 Å². The highest BCUT2D eigenvalue weighted by Gasteiger charge is 2.20. The predicted octanol–water partition coefficient (Wildman–Crippen LogP) is 11.6. The van der Waals surface area contributed by atoms with Crippen molar-refractivity contribution in [2.24, 2.45) is 0 Å². The maximum absolute atomic E-state index is 12.6. The lowest BCUT2D eigenvalue weighted by atomic mass is 10.0. The van der Waals surface area contributed by atoms with E-state index in [0.717, 1.165) is 44.9 Å². The van der Waals surface area contributed by atoms with Crippen molar-refractivity contribution in [3.05, 3.63) is 12.2 Å². The lowest BCUT2D eigenvalue weighted by Gasteiger charge is -2.28. The van der Waals surface area contributed by atoms with Crippen LogP contribution in [0.4, 0.5) is 0 Å². The molecular formula is C42H84NO7P. The molecule has 0 aromatic rings. The van der Waals surface area contributed by atoms with Crippen LogP contribution in [0.1, 0.15) is 194 Å². The minimum Gasteiger partial charge on any atom is -0.756 e. The van der Waals surface area contributed by atoms with E-state index in [0.29, 0.717) is 24.1 Å². The van der Waals surface area contributed by atoms with Gasteiger partial charge in [-0.3, -0.25) is 9.36 Å². The molecule has 2 atom stereocenters. The molecule has 304 valence electrons. The van der Waals surface area contributed by atoms with Crippen LogP contribution in [0.2, 0.25) is 0 Å². The van der Waals surface area contributed by atoms with E-state index in [9.17, 15) is 14.3 Å². The molecule has 0 aliphatic carbocycles. The molecule has 0 rings (SSSR count). The van der Waals surface area contributed by atoms with Crippen molar-refractivity contribution in [3.8, 4) is 0 Å². The number of hydrogen-bond donors (Lipinski definition) is 0. The molecule has 0 heterocycles. The number of esters is 1. The summed E-state index contributed by atoms with van der Waals surface area (Å²) >= 11 is 0. The number of unbranched alkanes of at least 4 members (excludes halogenated alkanes) is 24. The molecule has 0 saturated heterocycles. The van der Waals surface area contributed by atoms with Crippen LogP contribution >= 0.6 is 7.82 Å². The van der Waals surface area contributed by atoms with E-state index in [-0.39, 0.29) is 25.8 Å². The molecule has 0 spiro atoms. The first kappa shape index (κ1) is 50.2. The van der Waals surface area contributed by atoms with Gasteiger partial charge in [0.2, 0.25) is 0 Å². The predicted molar refractivity (Wildman–Crippen MR) is 213 cm³/mol. The average Bonchev–Trinajstić information content (AvgIpc) is 3.08. The normalized spacial score (nSPS) is 13.9. The molecular weight excluding hydrogens is 661 g/mol. The minimum atomic E-state index is -4.52. The number of hydrogen-bond acceptors (Lipinski definition) is 7. The maximum atomic E-state index is 12.6. The highest BCUT2D eigenvalue weighted by Crippen LogP contribution is 2.38. The van der Waals surface area contributed by atoms with Gasteiger partial charge in [-0.25, -0.2) is 0 Å². The van der Waals surface area contributed by atoms with Crippen LogP contribution in [0, 0.1) is 0 Å². The molecule has 0 N–H and O–H groups in total. The molecule has 0 aliphatic heterocycles. The fraction of sp³-hybridized carbons (Fsp3) is 0.929. The second kappa shape index (κ2) is 36.2. The molecule has 9 heteroatoms. The number of rotatable bonds is 40. The van der Waals surface area contributed by atoms with E-state index in [1.807, 2.05) is 21.1 Å². The Bertz CT molecular complexity index is 833. The molecule has 0 saturated carbocycles. The van der Waals surface area contributed by atoms with Crippen molar-refractivity contribution in [3.63, 3.8) is 0 Å². The fourth-order valence-electron chi connectivity index (χ4n) is 5.95. The Morgan fingerprint density at radius 1 is 0.588 bits per heavy atom. The van der Waals surface area contributed by atoms with E-state index in [1.54, 1.807) is 0 Å². The van der Waals surface area contributed by atoms with Crippen molar-refractivity contribution < 1.29 is 37.3 Å². The van der Waals surface area contributed by atoms with E-state index in [4.69, 9.17) is 18.5 Å². The number of phosphoric acid groups is 1. The Hall–Kier alpha value is -0.760. The van der Waals surface area contributed by atoms with Crippen LogP contribution in [-0.2, 0) is 27.9 Å². The third-order valence-corrected chi connectivity index (χ3v) is 10.3. The zero-order chi connectivity index (χ0) is 37.7. The number of nitrogens with zero attached hydrogens (tertiary/aromatic N) is 1. The average molecular weight is 746 g/mol. The molecule has 0 bridgehead atoms. The van der Waals surface area contributed by atoms with E-state index >= 15 is 0 Å². The zero-order valence-electron chi connectivity index (χ0n) is 34.3. The van der Waals surface area contributed by atoms with Crippen molar-refractivity contribution in [2.75, 3.05) is 54.1 Å².